The van der Waals surface area contributed by atoms with Crippen LogP contribution in [0.5, 0.6) is 0 Å². The number of hydrogen-bond acceptors (Lipinski definition) is 7. The molecule has 0 spiro atoms. The van der Waals surface area contributed by atoms with E-state index in [1.54, 1.807) is 23.7 Å². The van der Waals surface area contributed by atoms with Gasteiger partial charge in [0.2, 0.25) is 0 Å². The van der Waals surface area contributed by atoms with E-state index in [1.165, 1.54) is 0 Å². The number of pyridine rings is 2. The molecule has 0 aliphatic carbocycles. The molecule has 35 heavy (non-hydrogen) atoms. The van der Waals surface area contributed by atoms with E-state index in [9.17, 15) is 4.79 Å². The first kappa shape index (κ1) is 23.5. The Morgan fingerprint density at radius 1 is 1.00 bits per heavy atom. The fourth-order valence-corrected chi connectivity index (χ4v) is 5.52. The van der Waals surface area contributed by atoms with Gasteiger partial charge in [0.15, 0.2) is 5.43 Å². The Morgan fingerprint density at radius 2 is 1.77 bits per heavy atom. The summed E-state index contributed by atoms with van der Waals surface area (Å²) in [5, 5.41) is 9.10. The van der Waals surface area contributed by atoms with Gasteiger partial charge in [-0.15, -0.1) is 11.3 Å². The van der Waals surface area contributed by atoms with E-state index in [2.05, 4.69) is 45.5 Å². The molecule has 0 amide bonds. The Kier molecular flexibility index (Phi) is 6.81. The molecule has 0 aliphatic rings. The van der Waals surface area contributed by atoms with Crippen molar-refractivity contribution in [1.29, 1.82) is 0 Å². The summed E-state index contributed by atoms with van der Waals surface area (Å²) in [5.41, 5.74) is 4.66. The minimum atomic E-state index is 0.0950. The van der Waals surface area contributed by atoms with Crippen molar-refractivity contribution in [3.63, 3.8) is 0 Å². The summed E-state index contributed by atoms with van der Waals surface area (Å²) in [6, 6.07) is 15.7. The molecule has 0 saturated carbocycles. The van der Waals surface area contributed by atoms with Crippen LogP contribution in [-0.2, 0) is 0 Å². The average Bonchev–Trinajstić information content (AvgIpc) is 2.85. The molecule has 0 aliphatic heterocycles. The second kappa shape index (κ2) is 10.2. The molecule has 0 atom stereocenters. The van der Waals surface area contributed by atoms with E-state index >= 15 is 0 Å². The lowest BCUT2D eigenvalue weighted by molar-refractivity contribution is 0.361. The lowest BCUT2D eigenvalue weighted by Gasteiger charge is -2.19. The smallest absolute Gasteiger partial charge is 0.197 e. The highest BCUT2D eigenvalue weighted by molar-refractivity contribution is 7.24. The standard InChI is InChI=1S/C27H26ClN5OS/c1-17-7-8-20(24-26(34)19-5-3-4-6-23(19)35-27(17)24)30-11-13-33(2)14-12-31-21-9-10-29-22-15-18(28)16-32-25(21)22/h3-10,15-16,30H,11-14H2,1-2H3,(H,29,31). The van der Waals surface area contributed by atoms with E-state index < -0.39 is 0 Å². The fraction of sp³-hybridized carbons (Fsp3) is 0.222. The van der Waals surface area contributed by atoms with Gasteiger partial charge in [-0.25, -0.2) is 0 Å². The van der Waals surface area contributed by atoms with Crippen molar-refractivity contribution in [2.45, 2.75) is 6.92 Å². The zero-order valence-electron chi connectivity index (χ0n) is 19.6. The lowest BCUT2D eigenvalue weighted by atomic mass is 10.1. The molecule has 0 saturated heterocycles. The number of fused-ring (bicyclic) bond motifs is 3. The number of nitrogens with one attached hydrogen (secondary N) is 2. The first-order valence-electron chi connectivity index (χ1n) is 11.5. The van der Waals surface area contributed by atoms with Crippen LogP contribution in [0.4, 0.5) is 11.4 Å². The van der Waals surface area contributed by atoms with Crippen LogP contribution in [0.25, 0.3) is 31.2 Å². The topological polar surface area (TPSA) is 70.2 Å². The van der Waals surface area contributed by atoms with Gasteiger partial charge in [-0.1, -0.05) is 29.8 Å². The van der Waals surface area contributed by atoms with Gasteiger partial charge < -0.3 is 15.5 Å². The Labute approximate surface area is 212 Å². The van der Waals surface area contributed by atoms with Crippen LogP contribution >= 0.6 is 22.9 Å². The average molecular weight is 504 g/mol. The van der Waals surface area contributed by atoms with Crippen molar-refractivity contribution in [1.82, 2.24) is 14.9 Å². The SMILES string of the molecule is Cc1ccc(NCCN(C)CCNc2ccnc3cc(Cl)cnc23)c2c(=O)c3ccccc3sc12. The molecule has 5 rings (SSSR count). The largest absolute Gasteiger partial charge is 0.383 e. The number of benzene rings is 2. The Bertz CT molecular complexity index is 1590. The molecule has 3 aromatic heterocycles. The Morgan fingerprint density at radius 3 is 2.60 bits per heavy atom. The van der Waals surface area contributed by atoms with Gasteiger partial charge in [0, 0.05) is 59.0 Å². The molecule has 5 aromatic rings. The monoisotopic (exact) mass is 503 g/mol. The van der Waals surface area contributed by atoms with Crippen LogP contribution in [-0.4, -0.2) is 48.1 Å². The van der Waals surface area contributed by atoms with Gasteiger partial charge in [-0.2, -0.15) is 0 Å². The van der Waals surface area contributed by atoms with E-state index in [0.717, 1.165) is 74.3 Å². The normalized spacial score (nSPS) is 11.5. The van der Waals surface area contributed by atoms with Gasteiger partial charge >= 0.3 is 0 Å². The third-order valence-corrected chi connectivity index (χ3v) is 7.60. The number of aryl methyl sites for hydroxylation is 1. The number of rotatable bonds is 8. The molecule has 2 N–H and O–H groups in total. The molecular weight excluding hydrogens is 478 g/mol. The van der Waals surface area contributed by atoms with Crippen LogP contribution < -0.4 is 16.1 Å². The van der Waals surface area contributed by atoms with Gasteiger partial charge in [0.1, 0.15) is 5.52 Å². The summed E-state index contributed by atoms with van der Waals surface area (Å²) in [4.78, 5) is 24.3. The maximum Gasteiger partial charge on any atom is 0.197 e. The third-order valence-electron chi connectivity index (χ3n) is 6.09. The van der Waals surface area contributed by atoms with Crippen LogP contribution in [0.2, 0.25) is 5.02 Å². The van der Waals surface area contributed by atoms with E-state index in [-0.39, 0.29) is 5.43 Å². The van der Waals surface area contributed by atoms with Crippen molar-refractivity contribution < 1.29 is 0 Å². The predicted molar refractivity (Wildman–Crippen MR) is 149 cm³/mol. The quantitative estimate of drug-likeness (QED) is 0.262. The Balaban J connectivity index is 1.22. The predicted octanol–water partition coefficient (Wildman–Crippen LogP) is 5.78. The van der Waals surface area contributed by atoms with E-state index in [0.29, 0.717) is 5.02 Å². The molecule has 2 aromatic carbocycles. The maximum atomic E-state index is 13.3. The van der Waals surface area contributed by atoms with Crippen LogP contribution in [0.3, 0.4) is 0 Å². The molecule has 178 valence electrons. The first-order valence-corrected chi connectivity index (χ1v) is 12.7. The molecule has 0 fully saturated rings. The van der Waals surface area contributed by atoms with Crippen LogP contribution in [0, 0.1) is 6.92 Å². The summed E-state index contributed by atoms with van der Waals surface area (Å²) in [7, 11) is 2.09. The van der Waals surface area contributed by atoms with Crippen LogP contribution in [0.15, 0.2) is 65.7 Å². The van der Waals surface area contributed by atoms with Gasteiger partial charge in [0.05, 0.1) is 21.6 Å². The van der Waals surface area contributed by atoms with Crippen LogP contribution in [0.1, 0.15) is 5.56 Å². The zero-order chi connectivity index (χ0) is 24.4. The molecule has 3 heterocycles. The van der Waals surface area contributed by atoms with Crippen molar-refractivity contribution in [3.05, 3.63) is 81.7 Å². The molecule has 0 bridgehead atoms. The summed E-state index contributed by atoms with van der Waals surface area (Å²) < 4.78 is 2.08. The van der Waals surface area contributed by atoms with Gasteiger partial charge in [0.25, 0.3) is 0 Å². The third kappa shape index (κ3) is 4.93. The fourth-order valence-electron chi connectivity index (χ4n) is 4.20. The maximum absolute atomic E-state index is 13.3. The summed E-state index contributed by atoms with van der Waals surface area (Å²) in [5.74, 6) is 0. The minimum Gasteiger partial charge on any atom is -0.383 e. The highest BCUT2D eigenvalue weighted by Gasteiger charge is 2.12. The summed E-state index contributed by atoms with van der Waals surface area (Å²) in [6.45, 7) is 5.27. The lowest BCUT2D eigenvalue weighted by Crippen LogP contribution is -2.30. The van der Waals surface area contributed by atoms with Crippen molar-refractivity contribution >= 4 is 65.5 Å². The highest BCUT2D eigenvalue weighted by Crippen LogP contribution is 2.31. The summed E-state index contributed by atoms with van der Waals surface area (Å²) >= 11 is 7.71. The van der Waals surface area contributed by atoms with E-state index in [4.69, 9.17) is 11.6 Å². The number of hydrogen-bond donors (Lipinski definition) is 2. The number of anilines is 2. The molecular formula is C27H26ClN5OS. The number of nitrogens with zero attached hydrogens (tertiary/aromatic N) is 3. The Hall–Kier alpha value is -3.26. The second-order valence-corrected chi connectivity index (χ2v) is 10.1. The molecule has 0 unspecified atom stereocenters. The number of likely N-dealkylation sites (N-methyl/N-ethyl adjacent to an activating group) is 1. The van der Waals surface area contributed by atoms with Gasteiger partial charge in [-0.3, -0.25) is 14.8 Å². The summed E-state index contributed by atoms with van der Waals surface area (Å²) in [6.07, 6.45) is 3.40. The molecule has 8 heteroatoms. The van der Waals surface area contributed by atoms with E-state index in [1.807, 2.05) is 42.5 Å². The second-order valence-electron chi connectivity index (χ2n) is 8.60. The van der Waals surface area contributed by atoms with Crippen molar-refractivity contribution in [2.24, 2.45) is 0 Å². The zero-order valence-corrected chi connectivity index (χ0v) is 21.2. The molecule has 0 radical (unpaired) electrons. The van der Waals surface area contributed by atoms with Crippen molar-refractivity contribution in [3.8, 4) is 0 Å². The van der Waals surface area contributed by atoms with Gasteiger partial charge in [-0.05, 0) is 49.9 Å². The van der Waals surface area contributed by atoms with Crippen molar-refractivity contribution in [2.75, 3.05) is 43.9 Å². The highest BCUT2D eigenvalue weighted by atomic mass is 35.5. The first-order chi connectivity index (χ1) is 17.0. The number of aromatic nitrogens is 2. The molecule has 6 nitrogen and oxygen atoms in total. The number of halogens is 1. The minimum absolute atomic E-state index is 0.0950.